The number of aliphatic hydroxyl groups is 3. The van der Waals surface area contributed by atoms with E-state index in [0.717, 1.165) is 0 Å². The minimum Gasteiger partial charge on any atom is -0.478 e. The molecule has 2 aromatic carbocycles. The third-order valence-electron chi connectivity index (χ3n) is 4.80. The molecule has 0 unspecified atom stereocenters. The molecule has 1 aliphatic heterocycles. The Morgan fingerprint density at radius 2 is 1.83 bits per heavy atom. The third kappa shape index (κ3) is 4.60. The molecule has 3 rings (SSSR count). The van der Waals surface area contributed by atoms with Crippen LogP contribution in [0.25, 0.3) is 11.1 Å². The van der Waals surface area contributed by atoms with Gasteiger partial charge in [0.05, 0.1) is 12.2 Å². The van der Waals surface area contributed by atoms with Crippen LogP contribution in [0.5, 0.6) is 5.75 Å². The maximum atomic E-state index is 11.6. The van der Waals surface area contributed by atoms with Crippen LogP contribution < -0.4 is 10.1 Å². The van der Waals surface area contributed by atoms with Crippen molar-refractivity contribution < 1.29 is 39.5 Å². The van der Waals surface area contributed by atoms with E-state index in [1.165, 1.54) is 19.1 Å². The van der Waals surface area contributed by atoms with E-state index in [1.54, 1.807) is 36.4 Å². The van der Waals surface area contributed by atoms with E-state index < -0.39 is 49.1 Å². The van der Waals surface area contributed by atoms with E-state index in [0.29, 0.717) is 16.9 Å². The molecule has 1 amide bonds. The minimum absolute atomic E-state index is 0.103. The zero-order chi connectivity index (χ0) is 21.8. The first kappa shape index (κ1) is 21.7. The average Bonchev–Trinajstić information content (AvgIpc) is 2.73. The quantitative estimate of drug-likeness (QED) is 0.453. The van der Waals surface area contributed by atoms with Gasteiger partial charge in [-0.1, -0.05) is 30.3 Å². The van der Waals surface area contributed by atoms with Crippen molar-refractivity contribution >= 4 is 11.9 Å². The number of hydrogen-bond donors (Lipinski definition) is 5. The van der Waals surface area contributed by atoms with Crippen LogP contribution in [-0.4, -0.2) is 69.6 Å². The smallest absolute Gasteiger partial charge is 0.335 e. The van der Waals surface area contributed by atoms with Gasteiger partial charge in [-0.3, -0.25) is 4.79 Å². The molecule has 1 fully saturated rings. The van der Waals surface area contributed by atoms with Crippen molar-refractivity contribution in [3.8, 4) is 16.9 Å². The summed E-state index contributed by atoms with van der Waals surface area (Å²) in [6.07, 6.45) is -5.19. The van der Waals surface area contributed by atoms with Crippen LogP contribution in [0.2, 0.25) is 0 Å². The van der Waals surface area contributed by atoms with Crippen LogP contribution in [0.4, 0.5) is 0 Å². The monoisotopic (exact) mass is 417 g/mol. The van der Waals surface area contributed by atoms with E-state index in [1.807, 2.05) is 0 Å². The van der Waals surface area contributed by atoms with Crippen molar-refractivity contribution in [2.24, 2.45) is 0 Å². The number of benzene rings is 2. The molecule has 0 radical (unpaired) electrons. The number of aliphatic hydroxyl groups excluding tert-OH is 3. The molecular formula is C21H23NO8. The topological polar surface area (TPSA) is 146 Å². The molecule has 2 aromatic rings. The van der Waals surface area contributed by atoms with Crippen LogP contribution in [-0.2, 0) is 9.53 Å². The summed E-state index contributed by atoms with van der Waals surface area (Å²) in [5, 5.41) is 41.7. The summed E-state index contributed by atoms with van der Waals surface area (Å²) in [5.74, 6) is -1.23. The van der Waals surface area contributed by atoms with E-state index >= 15 is 0 Å². The maximum absolute atomic E-state index is 11.6. The fourth-order valence-corrected chi connectivity index (χ4v) is 3.32. The van der Waals surface area contributed by atoms with E-state index in [9.17, 15) is 30.0 Å². The van der Waals surface area contributed by atoms with Crippen molar-refractivity contribution in [1.82, 2.24) is 5.32 Å². The summed E-state index contributed by atoms with van der Waals surface area (Å²) in [4.78, 5) is 22.9. The zero-order valence-corrected chi connectivity index (χ0v) is 16.1. The number of carboxylic acids is 1. The maximum Gasteiger partial charge on any atom is 0.335 e. The number of hydrogen-bond acceptors (Lipinski definition) is 7. The summed E-state index contributed by atoms with van der Waals surface area (Å²) >= 11 is 0. The first-order valence-corrected chi connectivity index (χ1v) is 9.30. The fraction of sp³-hybridized carbons (Fsp3) is 0.333. The number of carbonyl (C=O) groups excluding carboxylic acids is 1. The Labute approximate surface area is 172 Å². The number of amides is 1. The molecule has 0 saturated carbocycles. The second kappa shape index (κ2) is 9.23. The van der Waals surface area contributed by atoms with Crippen molar-refractivity contribution in [2.45, 2.75) is 37.6 Å². The van der Waals surface area contributed by atoms with Crippen LogP contribution in [0.3, 0.4) is 0 Å². The molecule has 30 heavy (non-hydrogen) atoms. The lowest BCUT2D eigenvalue weighted by Crippen LogP contribution is -2.65. The van der Waals surface area contributed by atoms with Gasteiger partial charge in [-0.25, -0.2) is 4.79 Å². The minimum atomic E-state index is -1.44. The molecule has 5 N–H and O–H groups in total. The Bertz CT molecular complexity index is 917. The van der Waals surface area contributed by atoms with Gasteiger partial charge < -0.3 is 35.2 Å². The van der Waals surface area contributed by atoms with Gasteiger partial charge in [0.25, 0.3) is 0 Å². The van der Waals surface area contributed by atoms with Gasteiger partial charge in [0.15, 0.2) is 0 Å². The van der Waals surface area contributed by atoms with Crippen molar-refractivity contribution in [3.63, 3.8) is 0 Å². The Morgan fingerprint density at radius 3 is 2.50 bits per heavy atom. The number of ether oxygens (including phenoxy) is 2. The van der Waals surface area contributed by atoms with E-state index in [-0.39, 0.29) is 5.56 Å². The predicted molar refractivity (Wildman–Crippen MR) is 105 cm³/mol. The number of rotatable bonds is 6. The molecular weight excluding hydrogens is 394 g/mol. The van der Waals surface area contributed by atoms with Crippen molar-refractivity contribution in [1.29, 1.82) is 0 Å². The summed E-state index contributed by atoms with van der Waals surface area (Å²) in [6.45, 7) is 0.687. The van der Waals surface area contributed by atoms with Gasteiger partial charge in [0.2, 0.25) is 12.2 Å². The van der Waals surface area contributed by atoms with E-state index in [2.05, 4.69) is 5.32 Å². The van der Waals surface area contributed by atoms with Gasteiger partial charge in [0, 0.05) is 12.5 Å². The highest BCUT2D eigenvalue weighted by molar-refractivity contribution is 5.89. The van der Waals surface area contributed by atoms with Gasteiger partial charge >= 0.3 is 5.97 Å². The molecule has 9 heteroatoms. The van der Waals surface area contributed by atoms with Crippen LogP contribution in [0.1, 0.15) is 17.3 Å². The lowest BCUT2D eigenvalue weighted by atomic mass is 9.96. The fourth-order valence-electron chi connectivity index (χ4n) is 3.32. The molecule has 160 valence electrons. The standard InChI is InChI=1S/C21H23NO8/c1-11(24)22-17-19(26)18(25)16(10-23)30-21(17)29-15-8-3-2-7-14(15)12-5-4-6-13(9-12)20(27)28/h2-9,16-19,21,23,25-26H,10H2,1H3,(H,22,24)(H,27,28)/t16-,17-,18+,19-,21-/m1/s1. The lowest BCUT2D eigenvalue weighted by Gasteiger charge is -2.42. The van der Waals surface area contributed by atoms with Crippen LogP contribution in [0, 0.1) is 0 Å². The third-order valence-corrected chi connectivity index (χ3v) is 4.80. The lowest BCUT2D eigenvalue weighted by molar-refractivity contribution is -0.244. The SMILES string of the molecule is CC(=O)N[C@H]1[C@H](Oc2ccccc2-c2cccc(C(=O)O)c2)O[C@H](CO)[C@H](O)[C@@H]1O. The highest BCUT2D eigenvalue weighted by atomic mass is 16.7. The van der Waals surface area contributed by atoms with Crippen LogP contribution >= 0.6 is 0 Å². The normalized spacial score (nSPS) is 26.1. The van der Waals surface area contributed by atoms with Gasteiger partial charge in [-0.2, -0.15) is 0 Å². The number of nitrogens with one attached hydrogen (secondary N) is 1. The number of aromatic carboxylic acids is 1. The first-order valence-electron chi connectivity index (χ1n) is 9.30. The summed E-state index contributed by atoms with van der Waals surface area (Å²) < 4.78 is 11.5. The Hall–Kier alpha value is -2.98. The Morgan fingerprint density at radius 1 is 1.10 bits per heavy atom. The molecule has 1 heterocycles. The summed E-state index contributed by atoms with van der Waals surface area (Å²) in [6, 6.07) is 12.0. The van der Waals surface area contributed by atoms with E-state index in [4.69, 9.17) is 9.47 Å². The molecule has 0 aromatic heterocycles. The second-order valence-electron chi connectivity index (χ2n) is 6.93. The Kier molecular flexibility index (Phi) is 6.68. The molecule has 0 spiro atoms. The molecule has 9 nitrogen and oxygen atoms in total. The van der Waals surface area contributed by atoms with Crippen molar-refractivity contribution in [3.05, 3.63) is 54.1 Å². The highest BCUT2D eigenvalue weighted by Crippen LogP contribution is 2.33. The molecule has 5 atom stereocenters. The predicted octanol–water partition coefficient (Wildman–Crippen LogP) is 0.374. The largest absolute Gasteiger partial charge is 0.478 e. The molecule has 0 aliphatic carbocycles. The van der Waals surface area contributed by atoms with Crippen molar-refractivity contribution in [2.75, 3.05) is 6.61 Å². The summed E-state index contributed by atoms with van der Waals surface area (Å²) in [5.41, 5.74) is 1.25. The van der Waals surface area contributed by atoms with Gasteiger partial charge in [0.1, 0.15) is 30.1 Å². The molecule has 1 aliphatic rings. The number of carboxylic acid groups (broad SMARTS) is 1. The molecule has 0 bridgehead atoms. The average molecular weight is 417 g/mol. The highest BCUT2D eigenvalue weighted by Gasteiger charge is 2.46. The second-order valence-corrected chi connectivity index (χ2v) is 6.93. The number of carbonyl (C=O) groups is 2. The van der Waals surface area contributed by atoms with Gasteiger partial charge in [-0.15, -0.1) is 0 Å². The summed E-state index contributed by atoms with van der Waals surface area (Å²) in [7, 11) is 0. The van der Waals surface area contributed by atoms with Crippen LogP contribution in [0.15, 0.2) is 48.5 Å². The molecule has 1 saturated heterocycles. The first-order chi connectivity index (χ1) is 14.3. The number of para-hydroxylation sites is 1. The van der Waals surface area contributed by atoms with Gasteiger partial charge in [-0.05, 0) is 23.8 Å². The Balaban J connectivity index is 1.95. The zero-order valence-electron chi connectivity index (χ0n) is 16.1.